The molecule has 8 nitrogen and oxygen atoms in total. The van der Waals surface area contributed by atoms with Crippen molar-refractivity contribution in [3.8, 4) is 23.0 Å². The highest BCUT2D eigenvalue weighted by Crippen LogP contribution is 2.34. The number of benzene rings is 2. The topological polar surface area (TPSA) is 118 Å². The van der Waals surface area contributed by atoms with E-state index >= 15 is 0 Å². The number of nitrogens with one attached hydrogen (secondary N) is 1. The smallest absolute Gasteiger partial charge is 0.387 e. The minimum atomic E-state index is -3.14. The van der Waals surface area contributed by atoms with Crippen molar-refractivity contribution in [2.75, 3.05) is 0 Å². The number of aromatic hydroxyl groups is 2. The molecule has 1 aliphatic rings. The van der Waals surface area contributed by atoms with Crippen LogP contribution in [0.25, 0.3) is 12.2 Å². The number of aromatic nitrogens is 1. The van der Waals surface area contributed by atoms with Crippen molar-refractivity contribution in [3.63, 3.8) is 0 Å². The van der Waals surface area contributed by atoms with Crippen LogP contribution in [0.2, 0.25) is 0 Å². The predicted molar refractivity (Wildman–Crippen MR) is 135 cm³/mol. The number of phenolic OH excluding ortho intramolecular Hbond substituents is 2. The molecule has 1 aromatic heterocycles. The fourth-order valence-electron chi connectivity index (χ4n) is 4.14. The number of ketones is 1. The van der Waals surface area contributed by atoms with Gasteiger partial charge in [0.05, 0.1) is 0 Å². The second-order valence-electron chi connectivity index (χ2n) is 8.67. The first-order valence-electron chi connectivity index (χ1n) is 11.8. The molecule has 0 aliphatic heterocycles. The monoisotopic (exact) mass is 558 g/mol. The standard InChI is InChI=1S/C28H22F4N2O6/c29-27(30)39-23-6-4-15(11-21(23)35)9-17-13-19(34-26(38)20-3-1-2-8-33-20)14-18(25(17)37)10-16-5-7-24(22(36)12-16)40-28(31)32/h1-12,19,27-28,35-36H,13-14H2,(H,34,38)/b17-9+,18-10+. The van der Waals surface area contributed by atoms with Crippen LogP contribution in [0.1, 0.15) is 34.5 Å². The average molecular weight is 558 g/mol. The van der Waals surface area contributed by atoms with Crippen LogP contribution in [0, 0.1) is 0 Å². The molecule has 1 saturated carbocycles. The summed E-state index contributed by atoms with van der Waals surface area (Å²) in [5.74, 6) is -2.89. The third-order valence-electron chi connectivity index (χ3n) is 5.83. The fourth-order valence-corrected chi connectivity index (χ4v) is 4.14. The van der Waals surface area contributed by atoms with Crippen LogP contribution in [0.5, 0.6) is 23.0 Å². The summed E-state index contributed by atoms with van der Waals surface area (Å²) >= 11 is 0. The number of amides is 1. The maximum Gasteiger partial charge on any atom is 0.387 e. The van der Waals surface area contributed by atoms with E-state index in [1.807, 2.05) is 0 Å². The molecule has 0 saturated heterocycles. The number of halogens is 4. The molecule has 0 atom stereocenters. The zero-order valence-corrected chi connectivity index (χ0v) is 20.6. The summed E-state index contributed by atoms with van der Waals surface area (Å²) in [7, 11) is 0. The van der Waals surface area contributed by atoms with Crippen molar-refractivity contribution in [1.29, 1.82) is 0 Å². The Bertz CT molecular complexity index is 1380. The first kappa shape index (κ1) is 28.1. The van der Waals surface area contributed by atoms with Gasteiger partial charge in [0.15, 0.2) is 28.8 Å². The van der Waals surface area contributed by atoms with Gasteiger partial charge in [-0.25, -0.2) is 0 Å². The van der Waals surface area contributed by atoms with Crippen molar-refractivity contribution >= 4 is 23.8 Å². The van der Waals surface area contributed by atoms with Crippen molar-refractivity contribution in [2.45, 2.75) is 32.1 Å². The van der Waals surface area contributed by atoms with E-state index in [9.17, 15) is 37.4 Å². The molecule has 3 aromatic rings. The number of carbonyl (C=O) groups is 2. The van der Waals surface area contributed by atoms with Gasteiger partial charge in [0, 0.05) is 23.4 Å². The van der Waals surface area contributed by atoms with Gasteiger partial charge < -0.3 is 25.0 Å². The number of carbonyl (C=O) groups excluding carboxylic acids is 2. The first-order chi connectivity index (χ1) is 19.1. The van der Waals surface area contributed by atoms with E-state index in [1.165, 1.54) is 36.5 Å². The maximum absolute atomic E-state index is 13.4. The zero-order valence-electron chi connectivity index (χ0n) is 20.6. The van der Waals surface area contributed by atoms with Gasteiger partial charge >= 0.3 is 13.2 Å². The summed E-state index contributed by atoms with van der Waals surface area (Å²) in [5, 5.41) is 22.9. The molecule has 1 heterocycles. The number of Topliss-reactive ketones (excluding diaryl/α,β-unsaturated/α-hetero) is 1. The van der Waals surface area contributed by atoms with Crippen LogP contribution < -0.4 is 14.8 Å². The number of phenols is 2. The Hall–Kier alpha value is -4.87. The Kier molecular flexibility index (Phi) is 8.67. The summed E-state index contributed by atoms with van der Waals surface area (Å²) < 4.78 is 58.6. The maximum atomic E-state index is 13.4. The Morgan fingerprint density at radius 3 is 1.82 bits per heavy atom. The highest BCUT2D eigenvalue weighted by molar-refractivity contribution is 6.14. The molecule has 0 spiro atoms. The molecule has 0 bridgehead atoms. The molecule has 3 N–H and O–H groups in total. The summed E-state index contributed by atoms with van der Waals surface area (Å²) in [6.45, 7) is -6.27. The second-order valence-corrected chi connectivity index (χ2v) is 8.67. The number of rotatable bonds is 8. The highest BCUT2D eigenvalue weighted by atomic mass is 19.3. The molecule has 12 heteroatoms. The highest BCUT2D eigenvalue weighted by Gasteiger charge is 2.29. The van der Waals surface area contributed by atoms with Crippen LogP contribution in [-0.2, 0) is 4.79 Å². The van der Waals surface area contributed by atoms with Gasteiger partial charge in [-0.1, -0.05) is 18.2 Å². The van der Waals surface area contributed by atoms with E-state index in [4.69, 9.17) is 0 Å². The third kappa shape index (κ3) is 7.16. The largest absolute Gasteiger partial charge is 0.504 e. The number of hydrogen-bond donors (Lipinski definition) is 3. The molecule has 1 fully saturated rings. The van der Waals surface area contributed by atoms with E-state index in [1.54, 1.807) is 12.1 Å². The Morgan fingerprint density at radius 1 is 0.875 bits per heavy atom. The van der Waals surface area contributed by atoms with E-state index in [-0.39, 0.29) is 29.7 Å². The molecule has 208 valence electrons. The minimum Gasteiger partial charge on any atom is -0.504 e. The van der Waals surface area contributed by atoms with Gasteiger partial charge in [0.25, 0.3) is 5.91 Å². The van der Waals surface area contributed by atoms with Crippen LogP contribution in [0.3, 0.4) is 0 Å². The number of alkyl halides is 4. The molecule has 0 unspecified atom stereocenters. The molecular formula is C28H22F4N2O6. The SMILES string of the molecule is O=C1/C(=C/c2ccc(OC(F)F)c(O)c2)CC(NC(=O)c2ccccn2)C/C1=C\c1ccc(OC(F)F)c(O)c1. The number of nitrogens with zero attached hydrogens (tertiary/aromatic N) is 1. The molecule has 1 aliphatic carbocycles. The van der Waals surface area contributed by atoms with Crippen molar-refractivity contribution in [3.05, 3.63) is 88.8 Å². The number of ether oxygens (including phenoxy) is 2. The van der Waals surface area contributed by atoms with Gasteiger partial charge in [-0.2, -0.15) is 17.6 Å². The quantitative estimate of drug-likeness (QED) is 0.253. The lowest BCUT2D eigenvalue weighted by Crippen LogP contribution is -2.39. The van der Waals surface area contributed by atoms with E-state index in [2.05, 4.69) is 19.8 Å². The molecule has 2 aromatic carbocycles. The van der Waals surface area contributed by atoms with Gasteiger partial charge in [0.2, 0.25) is 0 Å². The van der Waals surface area contributed by atoms with Gasteiger partial charge in [-0.05, 0) is 72.5 Å². The van der Waals surface area contributed by atoms with Crippen molar-refractivity contribution in [2.24, 2.45) is 0 Å². The summed E-state index contributed by atoms with van der Waals surface area (Å²) in [6, 6.07) is 11.5. The molecule has 4 rings (SSSR count). The van der Waals surface area contributed by atoms with E-state index in [0.717, 1.165) is 24.3 Å². The van der Waals surface area contributed by atoms with Crippen molar-refractivity contribution < 1.29 is 46.8 Å². The lowest BCUT2D eigenvalue weighted by atomic mass is 9.83. The molecule has 1 amide bonds. The predicted octanol–water partition coefficient (Wildman–Crippen LogP) is 5.32. The Balaban J connectivity index is 1.66. The van der Waals surface area contributed by atoms with Crippen LogP contribution in [0.4, 0.5) is 17.6 Å². The molecule has 40 heavy (non-hydrogen) atoms. The second kappa shape index (κ2) is 12.3. The van der Waals surface area contributed by atoms with Crippen LogP contribution >= 0.6 is 0 Å². The molecular weight excluding hydrogens is 536 g/mol. The first-order valence-corrected chi connectivity index (χ1v) is 11.8. The van der Waals surface area contributed by atoms with E-state index < -0.39 is 54.0 Å². The normalized spacial score (nSPS) is 17.4. The van der Waals surface area contributed by atoms with Gasteiger partial charge in [-0.15, -0.1) is 0 Å². The average Bonchev–Trinajstić information content (AvgIpc) is 2.90. The Morgan fingerprint density at radius 2 is 1.40 bits per heavy atom. The lowest BCUT2D eigenvalue weighted by molar-refractivity contribution is -0.113. The number of hydrogen-bond acceptors (Lipinski definition) is 7. The minimum absolute atomic E-state index is 0.0945. The number of pyridine rings is 1. The van der Waals surface area contributed by atoms with Crippen LogP contribution in [0.15, 0.2) is 71.9 Å². The van der Waals surface area contributed by atoms with Crippen molar-refractivity contribution in [1.82, 2.24) is 10.3 Å². The molecule has 0 radical (unpaired) electrons. The fraction of sp³-hybridized carbons (Fsp3) is 0.179. The summed E-state index contributed by atoms with van der Waals surface area (Å²) in [6.07, 6.45) is 4.53. The zero-order chi connectivity index (χ0) is 28.8. The summed E-state index contributed by atoms with van der Waals surface area (Å²) in [4.78, 5) is 30.2. The summed E-state index contributed by atoms with van der Waals surface area (Å²) in [5.41, 5.74) is 1.24. The van der Waals surface area contributed by atoms with Gasteiger partial charge in [0.1, 0.15) is 5.69 Å². The lowest BCUT2D eigenvalue weighted by Gasteiger charge is -2.26. The Labute approximate surface area is 225 Å². The third-order valence-corrected chi connectivity index (χ3v) is 5.83. The van der Waals surface area contributed by atoms with Gasteiger partial charge in [-0.3, -0.25) is 14.6 Å². The van der Waals surface area contributed by atoms with Crippen LogP contribution in [-0.4, -0.2) is 46.2 Å². The van der Waals surface area contributed by atoms with E-state index in [0.29, 0.717) is 11.1 Å².